The van der Waals surface area contributed by atoms with Crippen molar-refractivity contribution in [3.05, 3.63) is 47.0 Å². The highest BCUT2D eigenvalue weighted by molar-refractivity contribution is 7.21. The van der Waals surface area contributed by atoms with E-state index in [9.17, 15) is 9.59 Å². The molecule has 0 aliphatic carbocycles. The quantitative estimate of drug-likeness (QED) is 0.600. The Morgan fingerprint density at radius 3 is 2.56 bits per heavy atom. The molecular formula is C23H27N5O3S. The molecule has 1 saturated heterocycles. The first kappa shape index (κ1) is 15.5. The molecule has 3 aromatic rings. The number of nitrogens with zero attached hydrogens (tertiary/aromatic N) is 4. The molecule has 0 bridgehead atoms. The molecule has 32 heavy (non-hydrogen) atoms. The normalized spacial score (nSPS) is 17.9. The first-order valence-corrected chi connectivity index (χ1v) is 10.8. The number of methoxy groups -OCH3 is 1. The predicted octanol–water partition coefficient (Wildman–Crippen LogP) is 3.08. The van der Waals surface area contributed by atoms with Gasteiger partial charge in [-0.2, -0.15) is 0 Å². The van der Waals surface area contributed by atoms with E-state index in [1.807, 2.05) is 6.07 Å². The summed E-state index contributed by atoms with van der Waals surface area (Å²) in [6, 6.07) is 8.13. The minimum absolute atomic E-state index is 0.0223. The van der Waals surface area contributed by atoms with Gasteiger partial charge in [-0.05, 0) is 36.8 Å². The van der Waals surface area contributed by atoms with Crippen molar-refractivity contribution in [2.45, 2.75) is 6.42 Å². The molecule has 2 N–H and O–H groups in total. The Labute approximate surface area is 199 Å². The Morgan fingerprint density at radius 2 is 1.84 bits per heavy atom. The third-order valence-electron chi connectivity index (χ3n) is 5.50. The molecule has 2 aromatic heterocycles. The molecule has 0 unspecified atom stereocenters. The summed E-state index contributed by atoms with van der Waals surface area (Å²) in [7, 11) is 1.31. The highest BCUT2D eigenvalue weighted by Gasteiger charge is 2.23. The van der Waals surface area contributed by atoms with Crippen LogP contribution in [0, 0.1) is 0 Å². The smallest absolute Gasteiger partial charge is 0.350 e. The number of ether oxygens (including phenoxy) is 1. The average Bonchev–Trinajstić information content (AvgIpc) is 3.02. The number of amides is 1. The van der Waals surface area contributed by atoms with E-state index < -0.39 is 25.8 Å². The molecule has 1 aromatic carbocycles. The Kier molecular flexibility index (Phi) is 4.37. The third-order valence-corrected chi connectivity index (χ3v) is 6.59. The maximum atomic E-state index is 12.7. The van der Waals surface area contributed by atoms with E-state index in [1.165, 1.54) is 30.6 Å². The Balaban J connectivity index is 1.52. The van der Waals surface area contributed by atoms with E-state index in [4.69, 9.17) is 18.7 Å². The van der Waals surface area contributed by atoms with Gasteiger partial charge in [0.25, 0.3) is 5.91 Å². The number of nitrogen functional groups attached to an aromatic ring is 1. The molecule has 1 fully saturated rings. The maximum Gasteiger partial charge on any atom is 0.350 e. The fourth-order valence-electron chi connectivity index (χ4n) is 3.90. The van der Waals surface area contributed by atoms with E-state index in [1.54, 1.807) is 18.3 Å². The molecule has 8 nitrogen and oxygen atoms in total. The number of nitrogens with two attached hydrogens (primary N) is 1. The van der Waals surface area contributed by atoms with Crippen molar-refractivity contribution in [1.29, 1.82) is 0 Å². The number of fused-ring (bicyclic) bond motifs is 1. The molecule has 9 heteroatoms. The number of carbonyl (C=O) groups excluding carboxylic acids is 2. The molecule has 168 valence electrons. The van der Waals surface area contributed by atoms with Crippen LogP contribution in [-0.2, 0) is 4.74 Å². The zero-order valence-corrected chi connectivity index (χ0v) is 18.3. The van der Waals surface area contributed by atoms with Gasteiger partial charge in [-0.15, -0.1) is 11.3 Å². The number of carbonyl (C=O) groups is 2. The minimum atomic E-state index is -3.10. The van der Waals surface area contributed by atoms with E-state index in [2.05, 4.69) is 14.8 Å². The van der Waals surface area contributed by atoms with Gasteiger partial charge >= 0.3 is 5.97 Å². The molecule has 1 aliphatic rings. The van der Waals surface area contributed by atoms with Crippen LogP contribution >= 0.6 is 11.3 Å². The molecule has 1 amide bonds. The zero-order valence-electron chi connectivity index (χ0n) is 23.5. The fraction of sp³-hybridized carbons (Fsp3) is 0.348. The lowest BCUT2D eigenvalue weighted by Gasteiger charge is -2.25. The van der Waals surface area contributed by atoms with E-state index in [-0.39, 0.29) is 10.5 Å². The van der Waals surface area contributed by atoms with Crippen LogP contribution in [-0.4, -0.2) is 69.0 Å². The van der Waals surface area contributed by atoms with Gasteiger partial charge in [-0.25, -0.2) is 9.78 Å². The zero-order chi connectivity index (χ0) is 27.8. The molecule has 0 atom stereocenters. The van der Waals surface area contributed by atoms with E-state index in [0.29, 0.717) is 28.5 Å². The highest BCUT2D eigenvalue weighted by atomic mass is 32.1. The van der Waals surface area contributed by atoms with Crippen molar-refractivity contribution in [2.75, 3.05) is 62.8 Å². The Bertz CT molecular complexity index is 1330. The predicted molar refractivity (Wildman–Crippen MR) is 129 cm³/mol. The number of pyridine rings is 1. The number of hydrogen-bond donors (Lipinski definition) is 1. The summed E-state index contributed by atoms with van der Waals surface area (Å²) in [6.45, 7) is -3.45. The molecule has 0 saturated carbocycles. The van der Waals surface area contributed by atoms with Crippen LogP contribution in [0.1, 0.15) is 34.7 Å². The van der Waals surface area contributed by atoms with E-state index in [0.717, 1.165) is 36.3 Å². The first-order chi connectivity index (χ1) is 17.8. The van der Waals surface area contributed by atoms with Crippen molar-refractivity contribution in [1.82, 2.24) is 9.88 Å². The second kappa shape index (κ2) is 9.04. The van der Waals surface area contributed by atoms with Gasteiger partial charge in [-0.1, -0.05) is 0 Å². The monoisotopic (exact) mass is 459 g/mol. The van der Waals surface area contributed by atoms with Crippen LogP contribution in [0.15, 0.2) is 36.5 Å². The SMILES string of the molecule is [2H]C([2H])([2H])N(C(=O)c1ccc(N2CCCN(c3ccnc4sc(C(=O)OC)c(N)c34)CC2)cc1)C([2H])([2H])[2H]. The van der Waals surface area contributed by atoms with Gasteiger partial charge in [-0.3, -0.25) is 4.79 Å². The number of thiophene rings is 1. The summed E-state index contributed by atoms with van der Waals surface area (Å²) in [5, 5.41) is 0.724. The third kappa shape index (κ3) is 4.08. The molecule has 4 rings (SSSR count). The lowest BCUT2D eigenvalue weighted by Crippen LogP contribution is -2.31. The molecular weight excluding hydrogens is 426 g/mol. The summed E-state index contributed by atoms with van der Waals surface area (Å²) in [5.74, 6) is -1.58. The molecule has 1 aliphatic heterocycles. The average molecular weight is 460 g/mol. The van der Waals surface area contributed by atoms with Crippen molar-refractivity contribution >= 4 is 50.5 Å². The van der Waals surface area contributed by atoms with Crippen molar-refractivity contribution in [3.8, 4) is 0 Å². The van der Waals surface area contributed by atoms with Crippen LogP contribution < -0.4 is 15.5 Å². The van der Waals surface area contributed by atoms with Gasteiger partial charge in [0.2, 0.25) is 0 Å². The largest absolute Gasteiger partial charge is 0.465 e. The minimum Gasteiger partial charge on any atom is -0.465 e. The van der Waals surface area contributed by atoms with Crippen LogP contribution in [0.5, 0.6) is 0 Å². The molecule has 3 heterocycles. The highest BCUT2D eigenvalue weighted by Crippen LogP contribution is 2.39. The summed E-state index contributed by atoms with van der Waals surface area (Å²) in [4.78, 5) is 34.5. The van der Waals surface area contributed by atoms with Crippen molar-refractivity contribution < 1.29 is 22.6 Å². The Morgan fingerprint density at radius 1 is 1.12 bits per heavy atom. The van der Waals surface area contributed by atoms with Crippen molar-refractivity contribution in [3.63, 3.8) is 0 Å². The number of anilines is 3. The van der Waals surface area contributed by atoms with Crippen LogP contribution in [0.2, 0.25) is 0 Å². The number of hydrogen-bond acceptors (Lipinski definition) is 8. The van der Waals surface area contributed by atoms with Gasteiger partial charge in [0.05, 0.1) is 23.9 Å². The summed E-state index contributed by atoms with van der Waals surface area (Å²) < 4.78 is 49.7. The van der Waals surface area contributed by atoms with Gasteiger partial charge in [0, 0.05) is 65.8 Å². The Hall–Kier alpha value is -3.33. The topological polar surface area (TPSA) is 92.0 Å². The lowest BCUT2D eigenvalue weighted by molar-refractivity contribution is 0.0607. The van der Waals surface area contributed by atoms with Crippen molar-refractivity contribution in [2.24, 2.45) is 0 Å². The van der Waals surface area contributed by atoms with Crippen LogP contribution in [0.4, 0.5) is 17.1 Å². The summed E-state index contributed by atoms with van der Waals surface area (Å²) in [6.07, 6.45) is 2.50. The standard InChI is InChI=1S/C23H27N5O3S/c1-26(2)22(29)15-5-7-16(8-6-15)27-11-4-12-28(14-13-27)17-9-10-25-21-18(17)19(24)20(32-21)23(30)31-3/h5-10H,4,11-14,24H2,1-3H3/i1D3,2D3. The number of aromatic nitrogens is 1. The van der Waals surface area contributed by atoms with Gasteiger partial charge in [0.1, 0.15) is 9.71 Å². The first-order valence-electron chi connectivity index (χ1n) is 13.0. The molecule has 0 spiro atoms. The van der Waals surface area contributed by atoms with Gasteiger partial charge in [0.15, 0.2) is 0 Å². The van der Waals surface area contributed by atoms with Crippen LogP contribution in [0.3, 0.4) is 0 Å². The summed E-state index contributed by atoms with van der Waals surface area (Å²) in [5.41, 5.74) is 8.36. The second-order valence-corrected chi connectivity index (χ2v) is 8.36. The van der Waals surface area contributed by atoms with Crippen LogP contribution in [0.25, 0.3) is 10.2 Å². The second-order valence-electron chi connectivity index (χ2n) is 7.36. The molecule has 0 radical (unpaired) electrons. The fourth-order valence-corrected chi connectivity index (χ4v) is 4.90. The number of esters is 1. The maximum absolute atomic E-state index is 12.7. The summed E-state index contributed by atoms with van der Waals surface area (Å²) >= 11 is 1.20. The van der Waals surface area contributed by atoms with Gasteiger partial charge < -0.3 is 25.2 Å². The number of rotatable bonds is 4. The van der Waals surface area contributed by atoms with E-state index >= 15 is 0 Å². The number of benzene rings is 1. The lowest BCUT2D eigenvalue weighted by atomic mass is 10.1.